The molecule has 0 radical (unpaired) electrons. The fourth-order valence-electron chi connectivity index (χ4n) is 3.71. The van der Waals surface area contributed by atoms with Gasteiger partial charge >= 0.3 is 0 Å². The quantitative estimate of drug-likeness (QED) is 0.642. The summed E-state index contributed by atoms with van der Waals surface area (Å²) >= 11 is 0. The Balaban J connectivity index is 1.57. The Morgan fingerprint density at radius 3 is 2.82 bits per heavy atom. The normalized spacial score (nSPS) is 13.2. The van der Waals surface area contributed by atoms with Crippen LogP contribution in [0.5, 0.6) is 5.75 Å². The first kappa shape index (κ1) is 18.0. The van der Waals surface area contributed by atoms with Gasteiger partial charge in [-0.3, -0.25) is 9.59 Å². The van der Waals surface area contributed by atoms with Crippen LogP contribution in [0.1, 0.15) is 12.0 Å². The molecule has 1 aliphatic heterocycles. The van der Waals surface area contributed by atoms with Crippen molar-refractivity contribution in [2.45, 2.75) is 19.4 Å². The van der Waals surface area contributed by atoms with E-state index in [1.165, 1.54) is 5.56 Å². The first-order valence-corrected chi connectivity index (χ1v) is 9.43. The maximum atomic E-state index is 12.8. The standard InChI is InChI=1S/C23H22N2O3/c1-2-13-24-15-12-18-19(23(24)27)9-5-11-21(18)28-16-22(26)25-14-6-8-17-7-3-4-10-20(17)25/h2-5,7,9-12,15H,1,6,8,13-14,16H2. The van der Waals surface area contributed by atoms with Crippen LogP contribution < -0.4 is 15.2 Å². The van der Waals surface area contributed by atoms with Crippen LogP contribution in [-0.2, 0) is 17.8 Å². The predicted octanol–water partition coefficient (Wildman–Crippen LogP) is 3.55. The van der Waals surface area contributed by atoms with Crippen molar-refractivity contribution in [3.63, 3.8) is 0 Å². The van der Waals surface area contributed by atoms with Gasteiger partial charge in [-0.1, -0.05) is 30.3 Å². The molecular formula is C23H22N2O3. The molecule has 0 N–H and O–H groups in total. The van der Waals surface area contributed by atoms with Gasteiger partial charge in [-0.2, -0.15) is 0 Å². The number of hydrogen-bond acceptors (Lipinski definition) is 3. The molecule has 0 atom stereocenters. The SMILES string of the molecule is C=CCn1ccc2c(OCC(=O)N3CCCc4ccccc43)cccc2c1=O. The maximum Gasteiger partial charge on any atom is 0.264 e. The molecule has 2 heterocycles. The fourth-order valence-corrected chi connectivity index (χ4v) is 3.71. The number of nitrogens with zero attached hydrogens (tertiary/aromatic N) is 2. The summed E-state index contributed by atoms with van der Waals surface area (Å²) in [4.78, 5) is 27.2. The van der Waals surface area contributed by atoms with E-state index in [4.69, 9.17) is 4.74 Å². The van der Waals surface area contributed by atoms with Crippen molar-refractivity contribution in [1.29, 1.82) is 0 Å². The smallest absolute Gasteiger partial charge is 0.264 e. The van der Waals surface area contributed by atoms with Gasteiger partial charge < -0.3 is 14.2 Å². The number of amides is 1. The Kier molecular flexibility index (Phi) is 4.98. The second-order valence-corrected chi connectivity index (χ2v) is 6.85. The predicted molar refractivity (Wildman–Crippen MR) is 111 cm³/mol. The molecule has 28 heavy (non-hydrogen) atoms. The molecule has 0 fully saturated rings. The van der Waals surface area contributed by atoms with Gasteiger partial charge in [0.1, 0.15) is 5.75 Å². The Hall–Kier alpha value is -3.34. The van der Waals surface area contributed by atoms with Crippen molar-refractivity contribution >= 4 is 22.4 Å². The minimum atomic E-state index is -0.0980. The van der Waals surface area contributed by atoms with Crippen LogP contribution in [0.3, 0.4) is 0 Å². The topological polar surface area (TPSA) is 51.5 Å². The zero-order valence-electron chi connectivity index (χ0n) is 15.6. The summed E-state index contributed by atoms with van der Waals surface area (Å²) in [6, 6.07) is 15.2. The molecule has 0 bridgehead atoms. The third-order valence-electron chi connectivity index (χ3n) is 5.07. The van der Waals surface area contributed by atoms with E-state index in [0.29, 0.717) is 29.6 Å². The van der Waals surface area contributed by atoms with Gasteiger partial charge in [0.2, 0.25) is 0 Å². The molecule has 1 aliphatic rings. The number of anilines is 1. The summed E-state index contributed by atoms with van der Waals surface area (Å²) in [5.41, 5.74) is 2.06. The average molecular weight is 374 g/mol. The summed E-state index contributed by atoms with van der Waals surface area (Å²) in [5, 5.41) is 1.28. The highest BCUT2D eigenvalue weighted by Gasteiger charge is 2.22. The van der Waals surface area contributed by atoms with Gasteiger partial charge in [-0.05, 0) is 42.7 Å². The first-order chi connectivity index (χ1) is 13.7. The van der Waals surface area contributed by atoms with E-state index >= 15 is 0 Å². The number of carbonyl (C=O) groups excluding carboxylic acids is 1. The first-order valence-electron chi connectivity index (χ1n) is 9.43. The maximum absolute atomic E-state index is 12.8. The molecule has 5 heteroatoms. The van der Waals surface area contributed by atoms with E-state index in [-0.39, 0.29) is 18.1 Å². The van der Waals surface area contributed by atoms with E-state index in [2.05, 4.69) is 12.6 Å². The second-order valence-electron chi connectivity index (χ2n) is 6.85. The van der Waals surface area contributed by atoms with Crippen LogP contribution in [0.2, 0.25) is 0 Å². The van der Waals surface area contributed by atoms with E-state index in [1.807, 2.05) is 24.3 Å². The molecule has 0 saturated carbocycles. The monoisotopic (exact) mass is 374 g/mol. The van der Waals surface area contributed by atoms with Crippen LogP contribution in [0.4, 0.5) is 5.69 Å². The van der Waals surface area contributed by atoms with E-state index < -0.39 is 0 Å². The van der Waals surface area contributed by atoms with E-state index in [1.54, 1.807) is 39.9 Å². The lowest BCUT2D eigenvalue weighted by molar-refractivity contribution is -0.120. The summed E-state index contributed by atoms with van der Waals surface area (Å²) in [6.07, 6.45) is 5.34. The summed E-state index contributed by atoms with van der Waals surface area (Å²) in [6.45, 7) is 4.76. The largest absolute Gasteiger partial charge is 0.483 e. The third kappa shape index (κ3) is 3.31. The van der Waals surface area contributed by atoms with Gasteiger partial charge in [0.05, 0.1) is 5.39 Å². The molecule has 142 valence electrons. The molecule has 0 saturated heterocycles. The Bertz CT molecular complexity index is 1100. The highest BCUT2D eigenvalue weighted by atomic mass is 16.5. The molecule has 4 rings (SSSR count). The van der Waals surface area contributed by atoms with Gasteiger partial charge in [0.25, 0.3) is 11.5 Å². The van der Waals surface area contributed by atoms with Crippen molar-refractivity contribution < 1.29 is 9.53 Å². The van der Waals surface area contributed by atoms with Crippen LogP contribution in [0, 0.1) is 0 Å². The molecular weight excluding hydrogens is 352 g/mol. The minimum absolute atomic E-state index is 0.0663. The summed E-state index contributed by atoms with van der Waals surface area (Å²) < 4.78 is 7.44. The van der Waals surface area contributed by atoms with E-state index in [0.717, 1.165) is 18.5 Å². The van der Waals surface area contributed by atoms with Crippen molar-refractivity contribution in [2.24, 2.45) is 0 Å². The van der Waals surface area contributed by atoms with Crippen LogP contribution >= 0.6 is 0 Å². The van der Waals surface area contributed by atoms with Crippen molar-refractivity contribution in [1.82, 2.24) is 4.57 Å². The summed E-state index contributed by atoms with van der Waals surface area (Å²) in [5.74, 6) is 0.461. The third-order valence-corrected chi connectivity index (χ3v) is 5.07. The van der Waals surface area contributed by atoms with Gasteiger partial charge in [0, 0.05) is 30.4 Å². The van der Waals surface area contributed by atoms with Crippen molar-refractivity contribution in [3.8, 4) is 5.75 Å². The summed E-state index contributed by atoms with van der Waals surface area (Å²) in [7, 11) is 0. The lowest BCUT2D eigenvalue weighted by Gasteiger charge is -2.29. The number of benzene rings is 2. The highest BCUT2D eigenvalue weighted by molar-refractivity contribution is 5.96. The number of rotatable bonds is 5. The zero-order chi connectivity index (χ0) is 19.5. The molecule has 0 unspecified atom stereocenters. The molecule has 5 nitrogen and oxygen atoms in total. The number of allylic oxidation sites excluding steroid dienone is 1. The Morgan fingerprint density at radius 2 is 1.96 bits per heavy atom. The molecule has 1 aromatic heterocycles. The number of fused-ring (bicyclic) bond motifs is 2. The lowest BCUT2D eigenvalue weighted by Crippen LogP contribution is -2.38. The number of aromatic nitrogens is 1. The van der Waals surface area contributed by atoms with Crippen LogP contribution in [0.15, 0.2) is 72.2 Å². The van der Waals surface area contributed by atoms with Crippen molar-refractivity contribution in [2.75, 3.05) is 18.1 Å². The minimum Gasteiger partial charge on any atom is -0.483 e. The molecule has 0 aliphatic carbocycles. The van der Waals surface area contributed by atoms with Gasteiger partial charge in [0.15, 0.2) is 6.61 Å². The van der Waals surface area contributed by atoms with E-state index in [9.17, 15) is 9.59 Å². The second kappa shape index (κ2) is 7.72. The highest BCUT2D eigenvalue weighted by Crippen LogP contribution is 2.27. The molecule has 3 aromatic rings. The number of para-hydroxylation sites is 1. The number of aryl methyl sites for hydroxylation is 1. The Morgan fingerprint density at radius 1 is 1.11 bits per heavy atom. The molecule has 2 aromatic carbocycles. The zero-order valence-corrected chi connectivity index (χ0v) is 15.6. The van der Waals surface area contributed by atoms with Crippen LogP contribution in [0.25, 0.3) is 10.8 Å². The average Bonchev–Trinajstić information content (AvgIpc) is 2.73. The van der Waals surface area contributed by atoms with Crippen molar-refractivity contribution in [3.05, 3.63) is 83.3 Å². The Labute approximate surface area is 163 Å². The number of ether oxygens (including phenoxy) is 1. The van der Waals surface area contributed by atoms with Crippen LogP contribution in [-0.4, -0.2) is 23.6 Å². The number of pyridine rings is 1. The van der Waals surface area contributed by atoms with Gasteiger partial charge in [-0.25, -0.2) is 0 Å². The fraction of sp³-hybridized carbons (Fsp3) is 0.217. The number of carbonyl (C=O) groups is 1. The molecule has 1 amide bonds. The molecule has 0 spiro atoms. The lowest BCUT2D eigenvalue weighted by atomic mass is 10.0. The van der Waals surface area contributed by atoms with Gasteiger partial charge in [-0.15, -0.1) is 6.58 Å². The number of hydrogen-bond donors (Lipinski definition) is 0.